The number of nitro groups is 1. The van der Waals surface area contributed by atoms with Gasteiger partial charge in [-0.15, -0.1) is 0 Å². The van der Waals surface area contributed by atoms with E-state index in [2.05, 4.69) is 4.99 Å². The van der Waals surface area contributed by atoms with Crippen molar-refractivity contribution in [2.45, 2.75) is 6.92 Å². The molecule has 1 aliphatic rings. The first-order valence-corrected chi connectivity index (χ1v) is 9.20. The van der Waals surface area contributed by atoms with Crippen LogP contribution in [0.3, 0.4) is 0 Å². The maximum Gasteiger partial charge on any atom is 0.344 e. The van der Waals surface area contributed by atoms with E-state index in [9.17, 15) is 20.0 Å². The van der Waals surface area contributed by atoms with Crippen LogP contribution < -0.4 is 0 Å². The average Bonchev–Trinajstić information content (AvgIpc) is 2.98. The molecule has 1 aliphatic heterocycles. The van der Waals surface area contributed by atoms with Crippen LogP contribution in [-0.2, 0) is 9.53 Å². The Kier molecular flexibility index (Phi) is 5.90. The monoisotopic (exact) mass is 396 g/mol. The zero-order chi connectivity index (χ0) is 20.1. The van der Waals surface area contributed by atoms with E-state index in [0.717, 1.165) is 17.3 Å². The minimum absolute atomic E-state index is 0.0209. The van der Waals surface area contributed by atoms with Gasteiger partial charge in [-0.2, -0.15) is 0 Å². The molecule has 0 aliphatic carbocycles. The summed E-state index contributed by atoms with van der Waals surface area (Å²) >= 11 is 1.13. The smallest absolute Gasteiger partial charge is 0.344 e. The van der Waals surface area contributed by atoms with Gasteiger partial charge in [0.2, 0.25) is 0 Å². The van der Waals surface area contributed by atoms with Gasteiger partial charge < -0.3 is 9.84 Å². The third-order valence-electron chi connectivity index (χ3n) is 3.76. The summed E-state index contributed by atoms with van der Waals surface area (Å²) in [5, 5.41) is 21.6. The van der Waals surface area contributed by atoms with Crippen molar-refractivity contribution in [1.29, 1.82) is 0 Å². The van der Waals surface area contributed by atoms with Crippen LogP contribution in [0.4, 0.5) is 11.4 Å². The summed E-state index contributed by atoms with van der Waals surface area (Å²) in [4.78, 5) is 27.5. The fourth-order valence-corrected chi connectivity index (χ4v) is 3.49. The number of aliphatic hydroxyl groups is 1. The molecule has 142 valence electrons. The van der Waals surface area contributed by atoms with Crippen LogP contribution in [0.5, 0.6) is 0 Å². The molecule has 0 radical (unpaired) electrons. The van der Waals surface area contributed by atoms with E-state index in [1.165, 1.54) is 24.3 Å². The number of aliphatic imine (C=N–C) groups is 1. The molecule has 3 rings (SSSR count). The lowest BCUT2D eigenvalue weighted by Crippen LogP contribution is -2.12. The highest BCUT2D eigenvalue weighted by molar-refractivity contribution is 8.18. The first-order valence-electron chi connectivity index (χ1n) is 8.38. The Bertz CT molecular complexity index is 995. The number of nitrogens with zero attached hydrogens (tertiary/aromatic N) is 2. The number of carbonyl (C=O) groups excluding carboxylic acids is 1. The number of hydrogen-bond acceptors (Lipinski definition) is 7. The van der Waals surface area contributed by atoms with Gasteiger partial charge in [-0.1, -0.05) is 42.1 Å². The van der Waals surface area contributed by atoms with Crippen molar-refractivity contribution >= 4 is 40.2 Å². The fourth-order valence-electron chi connectivity index (χ4n) is 2.46. The zero-order valence-corrected chi connectivity index (χ0v) is 15.7. The van der Waals surface area contributed by atoms with Crippen LogP contribution >= 0.6 is 11.8 Å². The molecule has 8 heteroatoms. The maximum atomic E-state index is 12.3. The molecule has 0 saturated carbocycles. The lowest BCUT2D eigenvalue weighted by atomic mass is 10.1. The minimum atomic E-state index is -0.676. The number of carbonyl (C=O) groups is 1. The SMILES string of the molecule is CCOC(=O)C1=C(O)/C(=C\c2ccccc2)SC1=Nc1ccc([N+](=O)[O-])cc1. The van der Waals surface area contributed by atoms with Gasteiger partial charge in [-0.25, -0.2) is 9.79 Å². The van der Waals surface area contributed by atoms with E-state index in [-0.39, 0.29) is 28.7 Å². The molecule has 7 nitrogen and oxygen atoms in total. The van der Waals surface area contributed by atoms with Gasteiger partial charge >= 0.3 is 5.97 Å². The quantitative estimate of drug-likeness (QED) is 0.443. The molecule has 1 N–H and O–H groups in total. The average molecular weight is 396 g/mol. The summed E-state index contributed by atoms with van der Waals surface area (Å²) in [6.07, 6.45) is 1.75. The first kappa shape index (κ1) is 19.4. The number of aliphatic hydroxyl groups excluding tert-OH is 1. The third-order valence-corrected chi connectivity index (χ3v) is 4.78. The summed E-state index contributed by atoms with van der Waals surface area (Å²) in [6, 6.07) is 15.0. The van der Waals surface area contributed by atoms with E-state index in [1.807, 2.05) is 30.3 Å². The molecular weight excluding hydrogens is 380 g/mol. The van der Waals surface area contributed by atoms with Crippen LogP contribution in [-0.4, -0.2) is 27.6 Å². The normalized spacial score (nSPS) is 16.6. The molecule has 0 bridgehead atoms. The molecule has 2 aromatic carbocycles. The second kappa shape index (κ2) is 8.53. The zero-order valence-electron chi connectivity index (χ0n) is 14.9. The van der Waals surface area contributed by atoms with E-state index < -0.39 is 10.9 Å². The Labute approximate surface area is 165 Å². The standard InChI is InChI=1S/C20H16N2O5S/c1-2-27-20(24)17-18(23)16(12-13-6-4-3-5-7-13)28-19(17)21-14-8-10-15(11-9-14)22(25)26/h3-12,23H,2H2,1H3/b16-12+,21-19?. The number of thioether (sulfide) groups is 1. The number of hydrogen-bond donors (Lipinski definition) is 1. The molecular formula is C20H16N2O5S. The molecule has 0 atom stereocenters. The van der Waals surface area contributed by atoms with Crippen molar-refractivity contribution in [2.24, 2.45) is 4.99 Å². The molecule has 0 amide bonds. The highest BCUT2D eigenvalue weighted by Crippen LogP contribution is 2.40. The summed E-state index contributed by atoms with van der Waals surface area (Å²) in [6.45, 7) is 1.83. The summed E-state index contributed by atoms with van der Waals surface area (Å²) in [7, 11) is 0. The Balaban J connectivity index is 2.00. The lowest BCUT2D eigenvalue weighted by Gasteiger charge is -2.03. The molecule has 0 aromatic heterocycles. The number of rotatable bonds is 5. The Morgan fingerprint density at radius 3 is 2.50 bits per heavy atom. The Morgan fingerprint density at radius 2 is 1.89 bits per heavy atom. The predicted octanol–water partition coefficient (Wildman–Crippen LogP) is 4.79. The molecule has 28 heavy (non-hydrogen) atoms. The minimum Gasteiger partial charge on any atom is -0.506 e. The Hall–Kier alpha value is -3.39. The number of non-ortho nitro benzene ring substituents is 1. The number of nitro benzene ring substituents is 1. The van der Waals surface area contributed by atoms with Crippen LogP contribution in [0.25, 0.3) is 6.08 Å². The molecule has 0 fully saturated rings. The van der Waals surface area contributed by atoms with Crippen molar-refractivity contribution < 1.29 is 19.6 Å². The van der Waals surface area contributed by atoms with Crippen molar-refractivity contribution in [2.75, 3.05) is 6.61 Å². The Morgan fingerprint density at radius 1 is 1.21 bits per heavy atom. The topological polar surface area (TPSA) is 102 Å². The largest absolute Gasteiger partial charge is 0.506 e. The fraction of sp³-hybridized carbons (Fsp3) is 0.100. The summed E-state index contributed by atoms with van der Waals surface area (Å²) < 4.78 is 5.05. The van der Waals surface area contributed by atoms with E-state index in [0.29, 0.717) is 10.6 Å². The van der Waals surface area contributed by atoms with Crippen LogP contribution in [0, 0.1) is 10.1 Å². The summed E-state index contributed by atoms with van der Waals surface area (Å²) in [5.74, 6) is -0.877. The molecule has 2 aromatic rings. The van der Waals surface area contributed by atoms with E-state index in [1.54, 1.807) is 13.0 Å². The van der Waals surface area contributed by atoms with Gasteiger partial charge in [0.05, 0.1) is 22.1 Å². The maximum absolute atomic E-state index is 12.3. The van der Waals surface area contributed by atoms with Gasteiger partial charge in [0.25, 0.3) is 5.69 Å². The molecule has 0 saturated heterocycles. The van der Waals surface area contributed by atoms with Crippen LogP contribution in [0.2, 0.25) is 0 Å². The molecule has 1 heterocycles. The highest BCUT2D eigenvalue weighted by Gasteiger charge is 2.33. The lowest BCUT2D eigenvalue weighted by molar-refractivity contribution is -0.384. The number of esters is 1. The van der Waals surface area contributed by atoms with Gasteiger partial charge in [-0.3, -0.25) is 10.1 Å². The van der Waals surface area contributed by atoms with E-state index in [4.69, 9.17) is 4.74 Å². The first-order chi connectivity index (χ1) is 13.5. The summed E-state index contributed by atoms with van der Waals surface area (Å²) in [5.41, 5.74) is 1.20. The van der Waals surface area contributed by atoms with Crippen molar-refractivity contribution in [1.82, 2.24) is 0 Å². The van der Waals surface area contributed by atoms with Gasteiger partial charge in [0, 0.05) is 12.1 Å². The van der Waals surface area contributed by atoms with Crippen LogP contribution in [0.15, 0.2) is 75.8 Å². The van der Waals surface area contributed by atoms with Crippen molar-refractivity contribution in [3.05, 3.63) is 86.5 Å². The third kappa shape index (κ3) is 4.29. The van der Waals surface area contributed by atoms with Gasteiger partial charge in [0.15, 0.2) is 0 Å². The highest BCUT2D eigenvalue weighted by atomic mass is 32.2. The van der Waals surface area contributed by atoms with Gasteiger partial charge in [-0.05, 0) is 30.7 Å². The van der Waals surface area contributed by atoms with Crippen molar-refractivity contribution in [3.63, 3.8) is 0 Å². The predicted molar refractivity (Wildman–Crippen MR) is 108 cm³/mol. The second-order valence-electron chi connectivity index (χ2n) is 5.66. The van der Waals surface area contributed by atoms with Crippen molar-refractivity contribution in [3.8, 4) is 0 Å². The number of benzene rings is 2. The second-order valence-corrected chi connectivity index (χ2v) is 6.69. The molecule has 0 unspecified atom stereocenters. The molecule has 0 spiro atoms. The van der Waals surface area contributed by atoms with E-state index >= 15 is 0 Å². The van der Waals surface area contributed by atoms with Crippen LogP contribution in [0.1, 0.15) is 12.5 Å². The number of ether oxygens (including phenoxy) is 1. The van der Waals surface area contributed by atoms with Gasteiger partial charge in [0.1, 0.15) is 16.4 Å².